The standard InChI is InChI=1S/C15H16N4S2/c1-2-17-14-12-9-5-3-4-6-10(9)21-15(12)19-13(18-14)11-7-16-8-20-11/h7-8H,2-6H2,1H3,(H,17,18,19). The predicted molar refractivity (Wildman–Crippen MR) is 89.3 cm³/mol. The smallest absolute Gasteiger partial charge is 0.174 e. The van der Waals surface area contributed by atoms with E-state index in [2.05, 4.69) is 17.2 Å². The quantitative estimate of drug-likeness (QED) is 0.789. The first-order valence-electron chi connectivity index (χ1n) is 7.32. The summed E-state index contributed by atoms with van der Waals surface area (Å²) < 4.78 is 0. The number of aryl methyl sites for hydroxylation is 2. The fourth-order valence-electron chi connectivity index (χ4n) is 2.89. The Morgan fingerprint density at radius 2 is 2.14 bits per heavy atom. The molecule has 21 heavy (non-hydrogen) atoms. The van der Waals surface area contributed by atoms with E-state index in [9.17, 15) is 0 Å². The average Bonchev–Trinajstić information content (AvgIpc) is 3.14. The summed E-state index contributed by atoms with van der Waals surface area (Å²) >= 11 is 3.43. The first-order valence-corrected chi connectivity index (χ1v) is 9.01. The van der Waals surface area contributed by atoms with Crippen molar-refractivity contribution in [3.05, 3.63) is 22.1 Å². The highest BCUT2D eigenvalue weighted by Crippen LogP contribution is 2.39. The molecule has 0 atom stereocenters. The number of fused-ring (bicyclic) bond motifs is 3. The topological polar surface area (TPSA) is 50.7 Å². The summed E-state index contributed by atoms with van der Waals surface area (Å²) in [6.07, 6.45) is 6.77. The second-order valence-corrected chi connectivity index (χ2v) is 7.15. The summed E-state index contributed by atoms with van der Waals surface area (Å²) in [5.74, 6) is 1.78. The predicted octanol–water partition coefficient (Wildman–Crippen LogP) is 4.13. The number of thiazole rings is 1. The second-order valence-electron chi connectivity index (χ2n) is 5.18. The van der Waals surface area contributed by atoms with Gasteiger partial charge in [0.15, 0.2) is 5.82 Å². The Hall–Kier alpha value is -1.53. The zero-order valence-electron chi connectivity index (χ0n) is 11.8. The van der Waals surface area contributed by atoms with Gasteiger partial charge in [-0.25, -0.2) is 9.97 Å². The van der Waals surface area contributed by atoms with Crippen molar-refractivity contribution in [3.8, 4) is 10.7 Å². The largest absolute Gasteiger partial charge is 0.370 e. The van der Waals surface area contributed by atoms with Crippen molar-refractivity contribution in [2.75, 3.05) is 11.9 Å². The van der Waals surface area contributed by atoms with Gasteiger partial charge in [-0.3, -0.25) is 4.98 Å². The van der Waals surface area contributed by atoms with Crippen molar-refractivity contribution >= 4 is 38.7 Å². The van der Waals surface area contributed by atoms with Crippen molar-refractivity contribution in [3.63, 3.8) is 0 Å². The molecular weight excluding hydrogens is 300 g/mol. The number of aromatic nitrogens is 3. The fourth-order valence-corrected chi connectivity index (χ4v) is 4.70. The minimum Gasteiger partial charge on any atom is -0.370 e. The first kappa shape index (κ1) is 13.2. The van der Waals surface area contributed by atoms with Crippen molar-refractivity contribution in [2.24, 2.45) is 0 Å². The van der Waals surface area contributed by atoms with Gasteiger partial charge < -0.3 is 5.32 Å². The lowest BCUT2D eigenvalue weighted by Crippen LogP contribution is -2.04. The molecule has 0 saturated carbocycles. The molecule has 3 heterocycles. The molecule has 0 radical (unpaired) electrons. The van der Waals surface area contributed by atoms with E-state index in [4.69, 9.17) is 9.97 Å². The molecule has 0 bridgehead atoms. The summed E-state index contributed by atoms with van der Waals surface area (Å²) in [5, 5.41) is 4.68. The van der Waals surface area contributed by atoms with Gasteiger partial charge in [-0.2, -0.15) is 0 Å². The van der Waals surface area contributed by atoms with E-state index in [0.717, 1.165) is 34.3 Å². The van der Waals surface area contributed by atoms with Crippen LogP contribution < -0.4 is 5.32 Å². The van der Waals surface area contributed by atoms with Crippen molar-refractivity contribution in [1.29, 1.82) is 0 Å². The summed E-state index contributed by atoms with van der Waals surface area (Å²) in [7, 11) is 0. The first-order chi connectivity index (χ1) is 10.4. The van der Waals surface area contributed by atoms with Crippen LogP contribution in [-0.4, -0.2) is 21.5 Å². The number of nitrogens with one attached hydrogen (secondary N) is 1. The molecular formula is C15H16N4S2. The van der Waals surface area contributed by atoms with Crippen LogP contribution in [0.4, 0.5) is 5.82 Å². The van der Waals surface area contributed by atoms with Crippen LogP contribution >= 0.6 is 22.7 Å². The maximum Gasteiger partial charge on any atom is 0.174 e. The number of anilines is 1. The Labute approximate surface area is 131 Å². The monoisotopic (exact) mass is 316 g/mol. The molecule has 1 aliphatic carbocycles. The van der Waals surface area contributed by atoms with Gasteiger partial charge in [0.1, 0.15) is 10.6 Å². The highest BCUT2D eigenvalue weighted by molar-refractivity contribution is 7.19. The van der Waals surface area contributed by atoms with Crippen LogP contribution in [0.5, 0.6) is 0 Å². The summed E-state index contributed by atoms with van der Waals surface area (Å²) in [5.41, 5.74) is 3.31. The lowest BCUT2D eigenvalue weighted by Gasteiger charge is -2.12. The SMILES string of the molecule is CCNc1nc(-c2cncs2)nc2sc3c(c12)CCCC3. The zero-order chi connectivity index (χ0) is 14.2. The molecule has 0 aliphatic heterocycles. The van der Waals surface area contributed by atoms with Gasteiger partial charge in [-0.05, 0) is 38.2 Å². The molecule has 6 heteroatoms. The molecule has 4 nitrogen and oxygen atoms in total. The van der Waals surface area contributed by atoms with Gasteiger partial charge in [0.2, 0.25) is 0 Å². The van der Waals surface area contributed by atoms with Gasteiger partial charge in [-0.15, -0.1) is 22.7 Å². The third kappa shape index (κ3) is 2.22. The van der Waals surface area contributed by atoms with Crippen molar-refractivity contribution in [1.82, 2.24) is 15.0 Å². The number of nitrogens with zero attached hydrogens (tertiary/aromatic N) is 3. The molecule has 0 saturated heterocycles. The lowest BCUT2D eigenvalue weighted by molar-refractivity contribution is 0.700. The molecule has 3 aromatic heterocycles. The highest BCUT2D eigenvalue weighted by Gasteiger charge is 2.21. The number of hydrogen-bond donors (Lipinski definition) is 1. The third-order valence-corrected chi connectivity index (χ3v) is 5.77. The van der Waals surface area contributed by atoms with Crippen LogP contribution in [0.3, 0.4) is 0 Å². The fraction of sp³-hybridized carbons (Fsp3) is 0.400. The van der Waals surface area contributed by atoms with Gasteiger partial charge >= 0.3 is 0 Å². The molecule has 0 spiro atoms. The van der Waals surface area contributed by atoms with E-state index in [1.165, 1.54) is 35.1 Å². The molecule has 3 aromatic rings. The van der Waals surface area contributed by atoms with Crippen molar-refractivity contribution in [2.45, 2.75) is 32.6 Å². The second kappa shape index (κ2) is 5.35. The third-order valence-electron chi connectivity index (χ3n) is 3.81. The van der Waals surface area contributed by atoms with Crippen LogP contribution in [-0.2, 0) is 12.8 Å². The molecule has 0 unspecified atom stereocenters. The summed E-state index contributed by atoms with van der Waals surface area (Å²) in [6, 6.07) is 0. The van der Waals surface area contributed by atoms with Gasteiger partial charge in [-0.1, -0.05) is 0 Å². The van der Waals surface area contributed by atoms with Gasteiger partial charge in [0.25, 0.3) is 0 Å². The van der Waals surface area contributed by atoms with Gasteiger partial charge in [0.05, 0.1) is 15.8 Å². The van der Waals surface area contributed by atoms with E-state index >= 15 is 0 Å². The van der Waals surface area contributed by atoms with E-state index in [1.54, 1.807) is 11.3 Å². The Balaban J connectivity index is 1.96. The minimum atomic E-state index is 0.791. The molecule has 1 N–H and O–H groups in total. The molecule has 0 amide bonds. The Kier molecular flexibility index (Phi) is 3.35. The van der Waals surface area contributed by atoms with Crippen LogP contribution in [0, 0.1) is 0 Å². The Morgan fingerprint density at radius 1 is 1.24 bits per heavy atom. The van der Waals surface area contributed by atoms with E-state index in [1.807, 2.05) is 23.0 Å². The molecule has 4 rings (SSSR count). The average molecular weight is 316 g/mol. The van der Waals surface area contributed by atoms with E-state index < -0.39 is 0 Å². The molecule has 1 aliphatic rings. The minimum absolute atomic E-state index is 0.791. The maximum atomic E-state index is 4.80. The van der Waals surface area contributed by atoms with Crippen LogP contribution in [0.25, 0.3) is 20.9 Å². The summed E-state index contributed by atoms with van der Waals surface area (Å²) in [6.45, 7) is 2.98. The number of thiophene rings is 1. The number of hydrogen-bond acceptors (Lipinski definition) is 6. The van der Waals surface area contributed by atoms with Crippen molar-refractivity contribution < 1.29 is 0 Å². The van der Waals surface area contributed by atoms with Crippen LogP contribution in [0.15, 0.2) is 11.7 Å². The molecule has 0 fully saturated rings. The highest BCUT2D eigenvalue weighted by atomic mass is 32.1. The van der Waals surface area contributed by atoms with Crippen LogP contribution in [0.1, 0.15) is 30.2 Å². The van der Waals surface area contributed by atoms with Gasteiger partial charge in [0, 0.05) is 17.6 Å². The summed E-state index contributed by atoms with van der Waals surface area (Å²) in [4.78, 5) is 17.4. The normalized spacial score (nSPS) is 14.3. The Morgan fingerprint density at radius 3 is 2.95 bits per heavy atom. The molecule has 0 aromatic carbocycles. The number of rotatable bonds is 3. The van der Waals surface area contributed by atoms with Crippen LogP contribution in [0.2, 0.25) is 0 Å². The maximum absolute atomic E-state index is 4.80. The zero-order valence-corrected chi connectivity index (χ0v) is 13.5. The molecule has 108 valence electrons. The van der Waals surface area contributed by atoms with E-state index in [0.29, 0.717) is 0 Å². The lowest BCUT2D eigenvalue weighted by atomic mass is 9.97. The Bertz CT molecular complexity index is 777. The van der Waals surface area contributed by atoms with E-state index in [-0.39, 0.29) is 0 Å².